The Morgan fingerprint density at radius 2 is 2.06 bits per heavy atom. The molecule has 0 radical (unpaired) electrons. The van der Waals surface area contributed by atoms with E-state index in [1.807, 2.05) is 20.8 Å². The molecule has 1 rings (SSSR count). The first kappa shape index (κ1) is 14.3. The van der Waals surface area contributed by atoms with Crippen LogP contribution in [0.1, 0.15) is 40.5 Å². The number of carbonyl (C=O) groups is 1. The molecule has 1 saturated heterocycles. The molecule has 3 N–H and O–H groups in total. The second-order valence-electron chi connectivity index (χ2n) is 5.71. The van der Waals surface area contributed by atoms with Gasteiger partial charge in [0.15, 0.2) is 0 Å². The number of aliphatic hydroxyl groups excluding tert-OH is 1. The largest absolute Gasteiger partial charge is 0.444 e. The molecular formula is C12H24N2O3. The van der Waals surface area contributed by atoms with Crippen LogP contribution in [-0.2, 0) is 4.74 Å². The van der Waals surface area contributed by atoms with Crippen molar-refractivity contribution in [2.45, 2.75) is 64.3 Å². The Bertz CT molecular complexity index is 263. The summed E-state index contributed by atoms with van der Waals surface area (Å²) in [5.74, 6) is 0. The number of hydrogen-bond acceptors (Lipinski definition) is 4. The molecule has 0 aromatic heterocycles. The van der Waals surface area contributed by atoms with Gasteiger partial charge in [0.1, 0.15) is 5.60 Å². The number of alkyl carbamates (subject to hydrolysis) is 1. The zero-order valence-corrected chi connectivity index (χ0v) is 11.1. The lowest BCUT2D eigenvalue weighted by Gasteiger charge is -2.25. The number of hydrogen-bond donors (Lipinski definition) is 3. The van der Waals surface area contributed by atoms with Crippen molar-refractivity contribution < 1.29 is 14.6 Å². The van der Waals surface area contributed by atoms with Gasteiger partial charge in [0.2, 0.25) is 0 Å². The third kappa shape index (κ3) is 5.37. The van der Waals surface area contributed by atoms with Gasteiger partial charge in [-0.25, -0.2) is 4.79 Å². The van der Waals surface area contributed by atoms with Crippen LogP contribution in [0.5, 0.6) is 0 Å². The van der Waals surface area contributed by atoms with Crippen molar-refractivity contribution in [2.24, 2.45) is 0 Å². The Morgan fingerprint density at radius 1 is 1.41 bits per heavy atom. The first-order chi connectivity index (χ1) is 7.78. The Morgan fingerprint density at radius 3 is 2.65 bits per heavy atom. The van der Waals surface area contributed by atoms with E-state index in [1.54, 1.807) is 0 Å². The Balaban J connectivity index is 2.46. The van der Waals surface area contributed by atoms with Crippen LogP contribution in [0.15, 0.2) is 0 Å². The van der Waals surface area contributed by atoms with Crippen LogP contribution in [0, 0.1) is 0 Å². The normalized spacial score (nSPS) is 30.5. The maximum absolute atomic E-state index is 11.6. The van der Waals surface area contributed by atoms with E-state index in [-0.39, 0.29) is 6.04 Å². The van der Waals surface area contributed by atoms with E-state index in [4.69, 9.17) is 4.74 Å². The van der Waals surface area contributed by atoms with E-state index in [9.17, 15) is 9.90 Å². The van der Waals surface area contributed by atoms with Crippen LogP contribution in [0.3, 0.4) is 0 Å². The van der Waals surface area contributed by atoms with E-state index in [0.29, 0.717) is 12.6 Å². The van der Waals surface area contributed by atoms with Gasteiger partial charge in [-0.15, -0.1) is 0 Å². The molecule has 3 atom stereocenters. The highest BCUT2D eigenvalue weighted by Gasteiger charge is 2.27. The summed E-state index contributed by atoms with van der Waals surface area (Å²) in [6.07, 6.45) is 0.662. The lowest BCUT2D eigenvalue weighted by Crippen LogP contribution is -2.47. The summed E-state index contributed by atoms with van der Waals surface area (Å²) in [7, 11) is 0. The van der Waals surface area contributed by atoms with E-state index >= 15 is 0 Å². The van der Waals surface area contributed by atoms with Gasteiger partial charge in [-0.1, -0.05) is 0 Å². The van der Waals surface area contributed by atoms with Gasteiger partial charge in [-0.05, 0) is 40.5 Å². The van der Waals surface area contributed by atoms with Gasteiger partial charge in [-0.2, -0.15) is 0 Å². The number of nitrogens with one attached hydrogen (secondary N) is 2. The van der Waals surface area contributed by atoms with Crippen molar-refractivity contribution in [3.05, 3.63) is 0 Å². The molecule has 1 aliphatic heterocycles. The Kier molecular flexibility index (Phi) is 4.77. The summed E-state index contributed by atoms with van der Waals surface area (Å²) < 4.78 is 5.17. The summed E-state index contributed by atoms with van der Waals surface area (Å²) in [6, 6.07) is 0.136. The highest BCUT2D eigenvalue weighted by molar-refractivity contribution is 5.68. The molecule has 0 saturated carbocycles. The number of carbonyl (C=O) groups excluding carboxylic acids is 1. The number of β-amino-alcohol motifs (C(OH)–C–C–N with tert-alkyl or cyclic N) is 1. The van der Waals surface area contributed by atoms with Gasteiger partial charge in [0.05, 0.1) is 12.1 Å². The van der Waals surface area contributed by atoms with Crippen molar-refractivity contribution in [1.82, 2.24) is 10.6 Å². The summed E-state index contributed by atoms with van der Waals surface area (Å²) >= 11 is 0. The highest BCUT2D eigenvalue weighted by Crippen LogP contribution is 2.12. The fourth-order valence-electron chi connectivity index (χ4n) is 1.82. The lowest BCUT2D eigenvalue weighted by atomic mass is 10.1. The van der Waals surface area contributed by atoms with Crippen molar-refractivity contribution in [3.8, 4) is 0 Å². The van der Waals surface area contributed by atoms with Crippen molar-refractivity contribution >= 4 is 6.09 Å². The fraction of sp³-hybridized carbons (Fsp3) is 0.917. The molecule has 1 heterocycles. The first-order valence-electron chi connectivity index (χ1n) is 6.19. The molecule has 100 valence electrons. The van der Waals surface area contributed by atoms with Crippen molar-refractivity contribution in [1.29, 1.82) is 0 Å². The third-order valence-corrected chi connectivity index (χ3v) is 2.75. The van der Waals surface area contributed by atoms with E-state index in [2.05, 4.69) is 17.6 Å². The molecule has 0 bridgehead atoms. The zero-order valence-electron chi connectivity index (χ0n) is 11.1. The van der Waals surface area contributed by atoms with E-state index in [1.165, 1.54) is 0 Å². The van der Waals surface area contributed by atoms with Gasteiger partial charge in [-0.3, -0.25) is 0 Å². The predicted octanol–water partition coefficient (Wildman–Crippen LogP) is 1.01. The van der Waals surface area contributed by atoms with Crippen LogP contribution in [-0.4, -0.2) is 41.5 Å². The summed E-state index contributed by atoms with van der Waals surface area (Å²) in [6.45, 7) is 8.03. The monoisotopic (exact) mass is 244 g/mol. The maximum Gasteiger partial charge on any atom is 0.407 e. The zero-order chi connectivity index (χ0) is 13.1. The summed E-state index contributed by atoms with van der Waals surface area (Å²) in [4.78, 5) is 11.6. The highest BCUT2D eigenvalue weighted by atomic mass is 16.6. The Hall–Kier alpha value is -0.810. The van der Waals surface area contributed by atoms with Gasteiger partial charge in [0.25, 0.3) is 0 Å². The smallest absolute Gasteiger partial charge is 0.407 e. The van der Waals surface area contributed by atoms with Gasteiger partial charge >= 0.3 is 6.09 Å². The van der Waals surface area contributed by atoms with Crippen LogP contribution < -0.4 is 10.6 Å². The third-order valence-electron chi connectivity index (χ3n) is 2.75. The molecule has 0 aromatic rings. The molecule has 1 aliphatic rings. The SMILES string of the molecule is C[C@@H]1CC[C@@H](NC(=O)OC(C)(C)C)[C@@H](O)CN1. The molecule has 5 nitrogen and oxygen atoms in total. The standard InChI is InChI=1S/C12H24N2O3/c1-8-5-6-9(10(15)7-13-8)14-11(16)17-12(2,3)4/h8-10,13,15H,5-7H2,1-4H3,(H,14,16)/t8-,9-,10+/m1/s1. The van der Waals surface area contributed by atoms with Gasteiger partial charge in [0, 0.05) is 12.6 Å². The minimum absolute atomic E-state index is 0.234. The predicted molar refractivity (Wildman–Crippen MR) is 65.9 cm³/mol. The summed E-state index contributed by atoms with van der Waals surface area (Å²) in [5, 5.41) is 15.8. The van der Waals surface area contributed by atoms with Crippen LogP contribution in [0.2, 0.25) is 0 Å². The Labute approximate surface area is 103 Å². The number of rotatable bonds is 1. The number of ether oxygens (including phenoxy) is 1. The molecule has 5 heteroatoms. The fourth-order valence-corrected chi connectivity index (χ4v) is 1.82. The van der Waals surface area contributed by atoms with Crippen LogP contribution >= 0.6 is 0 Å². The quantitative estimate of drug-likeness (QED) is 0.644. The minimum atomic E-state index is -0.563. The molecule has 1 fully saturated rings. The van der Waals surface area contributed by atoms with Crippen LogP contribution in [0.4, 0.5) is 4.79 Å². The topological polar surface area (TPSA) is 70.6 Å². The molecular weight excluding hydrogens is 220 g/mol. The second-order valence-corrected chi connectivity index (χ2v) is 5.71. The number of aliphatic hydroxyl groups is 1. The second kappa shape index (κ2) is 5.69. The molecule has 0 unspecified atom stereocenters. The van der Waals surface area contributed by atoms with Crippen molar-refractivity contribution in [3.63, 3.8) is 0 Å². The number of amides is 1. The van der Waals surface area contributed by atoms with Crippen molar-refractivity contribution in [2.75, 3.05) is 6.54 Å². The maximum atomic E-state index is 11.6. The molecule has 0 aliphatic carbocycles. The average Bonchev–Trinajstić information content (AvgIpc) is 2.30. The summed E-state index contributed by atoms with van der Waals surface area (Å²) in [5.41, 5.74) is -0.509. The first-order valence-corrected chi connectivity index (χ1v) is 6.19. The van der Waals surface area contributed by atoms with E-state index in [0.717, 1.165) is 12.8 Å². The molecule has 0 spiro atoms. The molecule has 0 aromatic carbocycles. The lowest BCUT2D eigenvalue weighted by molar-refractivity contribution is 0.0426. The molecule has 17 heavy (non-hydrogen) atoms. The average molecular weight is 244 g/mol. The van der Waals surface area contributed by atoms with Crippen LogP contribution in [0.25, 0.3) is 0 Å². The van der Waals surface area contributed by atoms with E-state index < -0.39 is 17.8 Å². The minimum Gasteiger partial charge on any atom is -0.444 e. The van der Waals surface area contributed by atoms with Gasteiger partial charge < -0.3 is 20.5 Å². The molecule has 1 amide bonds.